The molecule has 0 radical (unpaired) electrons. The molecule has 5 nitrogen and oxygen atoms in total. The molecule has 1 fully saturated rings. The summed E-state index contributed by atoms with van der Waals surface area (Å²) in [4.78, 5) is 17.3. The normalized spacial score (nSPS) is 15.5. The van der Waals surface area contributed by atoms with Crippen LogP contribution in [0.5, 0.6) is 0 Å². The largest absolute Gasteiger partial charge is 0.344 e. The minimum atomic E-state index is -0.279. The molecule has 3 rings (SSSR count). The second kappa shape index (κ2) is 6.71. The molecule has 22 heavy (non-hydrogen) atoms. The first-order valence-corrected chi connectivity index (χ1v) is 8.49. The molecule has 1 aromatic heterocycles. The van der Waals surface area contributed by atoms with Crippen molar-refractivity contribution < 1.29 is 9.32 Å². The van der Waals surface area contributed by atoms with E-state index in [9.17, 15) is 4.79 Å². The van der Waals surface area contributed by atoms with Crippen molar-refractivity contribution >= 4 is 29.3 Å². The lowest BCUT2D eigenvalue weighted by atomic mass is 10.3. The zero-order valence-corrected chi connectivity index (χ0v) is 13.7. The summed E-state index contributed by atoms with van der Waals surface area (Å²) in [5.41, 5.74) is 0. The average Bonchev–Trinajstić information content (AvgIpc) is 3.24. The Morgan fingerprint density at radius 1 is 1.45 bits per heavy atom. The van der Waals surface area contributed by atoms with E-state index < -0.39 is 0 Å². The van der Waals surface area contributed by atoms with E-state index in [1.807, 2.05) is 31.2 Å². The highest BCUT2D eigenvalue weighted by Gasteiger charge is 2.29. The lowest BCUT2D eigenvalue weighted by Gasteiger charge is -2.09. The second-order valence-corrected chi connectivity index (χ2v) is 6.78. The molecule has 1 aliphatic rings. The third-order valence-corrected chi connectivity index (χ3v) is 4.60. The van der Waals surface area contributed by atoms with E-state index in [1.54, 1.807) is 0 Å². The quantitative estimate of drug-likeness (QED) is 0.816. The zero-order valence-electron chi connectivity index (χ0n) is 12.1. The van der Waals surface area contributed by atoms with Crippen LogP contribution >= 0.6 is 23.4 Å². The number of halogens is 1. The number of carbonyl (C=O) groups excluding carboxylic acids is 1. The summed E-state index contributed by atoms with van der Waals surface area (Å²) in [5, 5.41) is 7.51. The maximum atomic E-state index is 12.0. The van der Waals surface area contributed by atoms with Gasteiger partial charge in [0.05, 0.1) is 5.75 Å². The van der Waals surface area contributed by atoms with Crippen LogP contribution < -0.4 is 5.32 Å². The van der Waals surface area contributed by atoms with Crippen LogP contribution in [-0.4, -0.2) is 21.8 Å². The number of rotatable bonds is 6. The van der Waals surface area contributed by atoms with Gasteiger partial charge in [-0.25, -0.2) is 0 Å². The summed E-state index contributed by atoms with van der Waals surface area (Å²) in [6.07, 6.45) is 2.24. The molecule has 1 atom stereocenters. The number of thioether (sulfide) groups is 1. The van der Waals surface area contributed by atoms with Crippen molar-refractivity contribution in [3.8, 4) is 0 Å². The Balaban J connectivity index is 1.48. The van der Waals surface area contributed by atoms with Crippen LogP contribution in [0, 0.1) is 0 Å². The molecule has 1 saturated carbocycles. The fraction of sp³-hybridized carbons (Fsp3) is 0.400. The summed E-state index contributed by atoms with van der Waals surface area (Å²) >= 11 is 7.28. The van der Waals surface area contributed by atoms with Crippen molar-refractivity contribution in [1.29, 1.82) is 0 Å². The Hall–Kier alpha value is -1.53. The third kappa shape index (κ3) is 4.01. The Kier molecular flexibility index (Phi) is 4.69. The first-order valence-electron chi connectivity index (χ1n) is 7.13. The molecule has 1 heterocycles. The molecule has 0 aliphatic heterocycles. The Morgan fingerprint density at radius 2 is 2.18 bits per heavy atom. The molecular formula is C15H16ClN3O2S. The molecule has 0 bridgehead atoms. The van der Waals surface area contributed by atoms with Crippen LogP contribution in [0.15, 0.2) is 33.7 Å². The standard InChI is InChI=1S/C15H16ClN3O2S/c1-9(15-18-14(19-21-15)10-2-3-10)17-13(20)8-22-12-6-4-11(16)5-7-12/h4-7,9-10H,2-3,8H2,1H3,(H,17,20)/t9-/m0/s1. The third-order valence-electron chi connectivity index (χ3n) is 3.33. The van der Waals surface area contributed by atoms with Gasteiger partial charge in [-0.15, -0.1) is 11.8 Å². The molecule has 2 aromatic rings. The van der Waals surface area contributed by atoms with Crippen molar-refractivity contribution in [3.05, 3.63) is 41.0 Å². The lowest BCUT2D eigenvalue weighted by Crippen LogP contribution is -2.28. The highest BCUT2D eigenvalue weighted by atomic mass is 35.5. The van der Waals surface area contributed by atoms with E-state index in [1.165, 1.54) is 11.8 Å². The van der Waals surface area contributed by atoms with Crippen molar-refractivity contribution in [2.45, 2.75) is 36.6 Å². The summed E-state index contributed by atoms with van der Waals surface area (Å²) in [6.45, 7) is 1.84. The zero-order chi connectivity index (χ0) is 15.5. The van der Waals surface area contributed by atoms with E-state index in [2.05, 4.69) is 15.5 Å². The van der Waals surface area contributed by atoms with Crippen LogP contribution in [0.25, 0.3) is 0 Å². The summed E-state index contributed by atoms with van der Waals surface area (Å²) < 4.78 is 5.21. The van der Waals surface area contributed by atoms with Gasteiger partial charge in [-0.3, -0.25) is 4.79 Å². The van der Waals surface area contributed by atoms with Gasteiger partial charge < -0.3 is 9.84 Å². The molecule has 116 valence electrons. The number of amides is 1. The number of nitrogens with zero attached hydrogens (tertiary/aromatic N) is 2. The van der Waals surface area contributed by atoms with Gasteiger partial charge in [-0.2, -0.15) is 4.98 Å². The van der Waals surface area contributed by atoms with Crippen LogP contribution in [0.2, 0.25) is 5.02 Å². The Morgan fingerprint density at radius 3 is 2.86 bits per heavy atom. The first kappa shape index (κ1) is 15.4. The van der Waals surface area contributed by atoms with E-state index in [-0.39, 0.29) is 11.9 Å². The lowest BCUT2D eigenvalue weighted by molar-refractivity contribution is -0.119. The minimum absolute atomic E-state index is 0.0707. The van der Waals surface area contributed by atoms with Crippen molar-refractivity contribution in [2.75, 3.05) is 5.75 Å². The van der Waals surface area contributed by atoms with Gasteiger partial charge >= 0.3 is 0 Å². The predicted molar refractivity (Wildman–Crippen MR) is 85.0 cm³/mol. The van der Waals surface area contributed by atoms with Crippen LogP contribution in [-0.2, 0) is 4.79 Å². The van der Waals surface area contributed by atoms with Gasteiger partial charge in [0.2, 0.25) is 11.8 Å². The monoisotopic (exact) mass is 337 g/mol. The first-order chi connectivity index (χ1) is 10.6. The van der Waals surface area contributed by atoms with Crippen LogP contribution in [0.4, 0.5) is 0 Å². The number of aromatic nitrogens is 2. The number of benzene rings is 1. The van der Waals surface area contributed by atoms with Gasteiger partial charge in [-0.05, 0) is 44.0 Å². The van der Waals surface area contributed by atoms with Crippen molar-refractivity contribution in [2.24, 2.45) is 0 Å². The maximum Gasteiger partial charge on any atom is 0.248 e. The summed E-state index contributed by atoms with van der Waals surface area (Å²) in [7, 11) is 0. The maximum absolute atomic E-state index is 12.0. The molecular weight excluding hydrogens is 322 g/mol. The van der Waals surface area contributed by atoms with E-state index in [4.69, 9.17) is 16.1 Å². The molecule has 0 saturated heterocycles. The van der Waals surface area contributed by atoms with Gasteiger partial charge in [0.1, 0.15) is 6.04 Å². The van der Waals surface area contributed by atoms with Gasteiger partial charge in [-0.1, -0.05) is 16.8 Å². The van der Waals surface area contributed by atoms with Crippen molar-refractivity contribution in [3.63, 3.8) is 0 Å². The summed E-state index contributed by atoms with van der Waals surface area (Å²) in [5.74, 6) is 1.92. The van der Waals surface area contributed by atoms with Crippen LogP contribution in [0.3, 0.4) is 0 Å². The number of carbonyl (C=O) groups is 1. The minimum Gasteiger partial charge on any atom is -0.344 e. The van der Waals surface area contributed by atoms with E-state index in [0.717, 1.165) is 23.6 Å². The van der Waals surface area contributed by atoms with Crippen molar-refractivity contribution in [1.82, 2.24) is 15.5 Å². The van der Waals surface area contributed by atoms with Gasteiger partial charge in [0, 0.05) is 15.8 Å². The van der Waals surface area contributed by atoms with E-state index in [0.29, 0.717) is 22.6 Å². The number of nitrogens with one attached hydrogen (secondary N) is 1. The smallest absolute Gasteiger partial charge is 0.248 e. The van der Waals surface area contributed by atoms with Gasteiger partial charge in [0.25, 0.3) is 0 Å². The molecule has 7 heteroatoms. The number of hydrogen-bond donors (Lipinski definition) is 1. The summed E-state index contributed by atoms with van der Waals surface area (Å²) in [6, 6.07) is 7.12. The SMILES string of the molecule is C[C@H](NC(=O)CSc1ccc(Cl)cc1)c1nc(C2CC2)no1. The number of hydrogen-bond acceptors (Lipinski definition) is 5. The Labute approximate surface area is 137 Å². The molecule has 1 N–H and O–H groups in total. The molecule has 1 amide bonds. The molecule has 1 aromatic carbocycles. The van der Waals surface area contributed by atoms with E-state index >= 15 is 0 Å². The molecule has 0 unspecified atom stereocenters. The molecule has 0 spiro atoms. The second-order valence-electron chi connectivity index (χ2n) is 5.30. The Bertz CT molecular complexity index is 655. The van der Waals surface area contributed by atoms with Gasteiger partial charge in [0.15, 0.2) is 5.82 Å². The predicted octanol–water partition coefficient (Wildman–Crippen LogP) is 3.57. The highest BCUT2D eigenvalue weighted by molar-refractivity contribution is 8.00. The van der Waals surface area contributed by atoms with Crippen LogP contribution in [0.1, 0.15) is 43.4 Å². The fourth-order valence-electron chi connectivity index (χ4n) is 1.96. The molecule has 1 aliphatic carbocycles. The highest BCUT2D eigenvalue weighted by Crippen LogP contribution is 2.38. The topological polar surface area (TPSA) is 68.0 Å². The average molecular weight is 338 g/mol. The fourth-order valence-corrected chi connectivity index (χ4v) is 2.79.